The van der Waals surface area contributed by atoms with Gasteiger partial charge in [-0.3, -0.25) is 0 Å². The number of ether oxygens (including phenoxy) is 1. The zero-order chi connectivity index (χ0) is 8.44. The molecule has 0 aromatic carbocycles. The predicted octanol–water partition coefficient (Wildman–Crippen LogP) is 0.489. The topological polar surface area (TPSA) is 42.9 Å². The highest BCUT2D eigenvalue weighted by Crippen LogP contribution is 2.32. The molecule has 0 aliphatic carbocycles. The van der Waals surface area contributed by atoms with Crippen molar-refractivity contribution in [3.63, 3.8) is 0 Å². The molecule has 0 aromatic rings. The first-order valence-electron chi connectivity index (χ1n) is 4.34. The molecule has 0 radical (unpaired) electrons. The maximum absolute atomic E-state index is 5.41. The van der Waals surface area contributed by atoms with Crippen LogP contribution in [0.3, 0.4) is 0 Å². The Balaban J connectivity index is 1.97. The molecule has 4 heteroatoms. The van der Waals surface area contributed by atoms with Gasteiger partial charge in [0.25, 0.3) is 0 Å². The van der Waals surface area contributed by atoms with Crippen molar-refractivity contribution in [1.82, 2.24) is 5.32 Å². The molecule has 2 rings (SSSR count). The zero-order valence-electron chi connectivity index (χ0n) is 7.30. The third kappa shape index (κ3) is 1.27. The van der Waals surface area contributed by atoms with Crippen LogP contribution in [0.1, 0.15) is 19.3 Å². The Kier molecular flexibility index (Phi) is 1.92. The summed E-state index contributed by atoms with van der Waals surface area (Å²) in [7, 11) is 1.64. The van der Waals surface area contributed by atoms with Crippen molar-refractivity contribution in [2.45, 2.75) is 24.9 Å². The van der Waals surface area contributed by atoms with Gasteiger partial charge in [0.1, 0.15) is 5.60 Å². The van der Waals surface area contributed by atoms with Crippen molar-refractivity contribution >= 4 is 5.90 Å². The quantitative estimate of drug-likeness (QED) is 0.575. The molecule has 0 unspecified atom stereocenters. The third-order valence-corrected chi connectivity index (χ3v) is 2.56. The molecule has 0 bridgehead atoms. The summed E-state index contributed by atoms with van der Waals surface area (Å²) in [5.41, 5.74) is -0.0450. The summed E-state index contributed by atoms with van der Waals surface area (Å²) < 4.78 is 5.04. The standard InChI is InChI=1S/C8H14N2O2/c1-11-7-6-8(12-10-7)2-4-9-5-3-8/h9H,2-6H2,1H3. The highest BCUT2D eigenvalue weighted by Gasteiger charge is 2.40. The lowest BCUT2D eigenvalue weighted by atomic mass is 9.89. The molecule has 1 N–H and O–H groups in total. The van der Waals surface area contributed by atoms with Gasteiger partial charge in [-0.15, -0.1) is 0 Å². The summed E-state index contributed by atoms with van der Waals surface area (Å²) in [6.45, 7) is 2.04. The fourth-order valence-electron chi connectivity index (χ4n) is 1.75. The second-order valence-electron chi connectivity index (χ2n) is 3.39. The van der Waals surface area contributed by atoms with Crippen LogP contribution < -0.4 is 5.32 Å². The van der Waals surface area contributed by atoms with E-state index >= 15 is 0 Å². The van der Waals surface area contributed by atoms with Crippen molar-refractivity contribution in [1.29, 1.82) is 0 Å². The van der Waals surface area contributed by atoms with Crippen LogP contribution in [0.5, 0.6) is 0 Å². The number of hydrogen-bond acceptors (Lipinski definition) is 4. The smallest absolute Gasteiger partial charge is 0.229 e. The van der Waals surface area contributed by atoms with Crippen molar-refractivity contribution in [3.8, 4) is 0 Å². The van der Waals surface area contributed by atoms with Crippen molar-refractivity contribution in [2.24, 2.45) is 5.16 Å². The number of methoxy groups -OCH3 is 1. The molecular formula is C8H14N2O2. The van der Waals surface area contributed by atoms with Gasteiger partial charge in [-0.1, -0.05) is 5.16 Å². The fourth-order valence-corrected chi connectivity index (χ4v) is 1.75. The first-order valence-corrected chi connectivity index (χ1v) is 4.34. The van der Waals surface area contributed by atoms with Gasteiger partial charge in [-0.25, -0.2) is 0 Å². The summed E-state index contributed by atoms with van der Waals surface area (Å²) in [6, 6.07) is 0. The van der Waals surface area contributed by atoms with Crippen molar-refractivity contribution in [3.05, 3.63) is 0 Å². The van der Waals surface area contributed by atoms with E-state index in [-0.39, 0.29) is 5.60 Å². The first kappa shape index (κ1) is 7.86. The SMILES string of the molecule is COC1=NOC2(CCNCC2)C1. The Hall–Kier alpha value is -0.770. The van der Waals surface area contributed by atoms with E-state index < -0.39 is 0 Å². The van der Waals surface area contributed by atoms with Crippen LogP contribution in [0.15, 0.2) is 5.16 Å². The normalized spacial score (nSPS) is 26.6. The summed E-state index contributed by atoms with van der Waals surface area (Å²) in [6.07, 6.45) is 2.90. The molecule has 0 aromatic heterocycles. The van der Waals surface area contributed by atoms with Crippen LogP contribution in [0.2, 0.25) is 0 Å². The molecule has 2 heterocycles. The van der Waals surface area contributed by atoms with Crippen molar-refractivity contribution in [2.75, 3.05) is 20.2 Å². The van der Waals surface area contributed by atoms with Gasteiger partial charge in [0.05, 0.1) is 13.5 Å². The maximum Gasteiger partial charge on any atom is 0.229 e. The van der Waals surface area contributed by atoms with E-state index in [9.17, 15) is 0 Å². The molecule has 12 heavy (non-hydrogen) atoms. The number of oxime groups is 1. The highest BCUT2D eigenvalue weighted by molar-refractivity contribution is 5.77. The number of rotatable bonds is 0. The second kappa shape index (κ2) is 2.94. The molecule has 2 aliphatic rings. The maximum atomic E-state index is 5.41. The fraction of sp³-hybridized carbons (Fsp3) is 0.875. The predicted molar refractivity (Wildman–Crippen MR) is 45.0 cm³/mol. The molecule has 2 aliphatic heterocycles. The largest absolute Gasteiger partial charge is 0.482 e. The van der Waals surface area contributed by atoms with Gasteiger partial charge in [-0.2, -0.15) is 0 Å². The van der Waals surface area contributed by atoms with E-state index in [2.05, 4.69) is 10.5 Å². The molecule has 0 saturated carbocycles. The van der Waals surface area contributed by atoms with Crippen LogP contribution in [0.25, 0.3) is 0 Å². The minimum atomic E-state index is -0.0450. The number of nitrogens with zero attached hydrogens (tertiary/aromatic N) is 1. The Morgan fingerprint density at radius 3 is 2.83 bits per heavy atom. The molecule has 4 nitrogen and oxygen atoms in total. The number of hydrogen-bond donors (Lipinski definition) is 1. The lowest BCUT2D eigenvalue weighted by Crippen LogP contribution is -2.42. The Morgan fingerprint density at radius 1 is 1.50 bits per heavy atom. The van der Waals surface area contributed by atoms with Gasteiger partial charge in [0.2, 0.25) is 5.90 Å². The van der Waals surface area contributed by atoms with Crippen molar-refractivity contribution < 1.29 is 9.57 Å². The zero-order valence-corrected chi connectivity index (χ0v) is 7.30. The van der Waals surface area contributed by atoms with E-state index in [0.29, 0.717) is 0 Å². The number of piperidine rings is 1. The van der Waals surface area contributed by atoms with E-state index in [1.807, 2.05) is 0 Å². The van der Waals surface area contributed by atoms with Crippen LogP contribution in [-0.4, -0.2) is 31.7 Å². The van der Waals surface area contributed by atoms with Gasteiger partial charge in [-0.05, 0) is 13.1 Å². The Bertz CT molecular complexity index is 197. The second-order valence-corrected chi connectivity index (χ2v) is 3.39. The summed E-state index contributed by atoms with van der Waals surface area (Å²) >= 11 is 0. The van der Waals surface area contributed by atoms with E-state index in [4.69, 9.17) is 9.57 Å². The van der Waals surface area contributed by atoms with Crippen LogP contribution in [-0.2, 0) is 9.57 Å². The molecule has 1 fully saturated rings. The average molecular weight is 170 g/mol. The summed E-state index contributed by atoms with van der Waals surface area (Å²) in [5, 5.41) is 7.19. The van der Waals surface area contributed by atoms with Gasteiger partial charge in [0.15, 0.2) is 0 Å². The highest BCUT2D eigenvalue weighted by atomic mass is 16.7. The Labute approximate surface area is 71.9 Å². The molecular weight excluding hydrogens is 156 g/mol. The van der Waals surface area contributed by atoms with E-state index in [0.717, 1.165) is 38.2 Å². The molecule has 1 spiro atoms. The molecule has 1 saturated heterocycles. The molecule has 0 amide bonds. The average Bonchev–Trinajstić information content (AvgIpc) is 2.50. The molecule has 0 atom stereocenters. The third-order valence-electron chi connectivity index (χ3n) is 2.56. The first-order chi connectivity index (χ1) is 5.85. The number of nitrogens with one attached hydrogen (secondary N) is 1. The minimum absolute atomic E-state index is 0.0450. The van der Waals surface area contributed by atoms with E-state index in [1.165, 1.54) is 0 Å². The summed E-state index contributed by atoms with van der Waals surface area (Å²) in [4.78, 5) is 5.41. The van der Waals surface area contributed by atoms with Gasteiger partial charge >= 0.3 is 0 Å². The lowest BCUT2D eigenvalue weighted by molar-refractivity contribution is -0.0400. The Morgan fingerprint density at radius 2 is 2.25 bits per heavy atom. The summed E-state index contributed by atoms with van der Waals surface area (Å²) in [5.74, 6) is 0.733. The minimum Gasteiger partial charge on any atom is -0.482 e. The monoisotopic (exact) mass is 170 g/mol. The molecule has 68 valence electrons. The van der Waals surface area contributed by atoms with Crippen LogP contribution in [0, 0.1) is 0 Å². The van der Waals surface area contributed by atoms with Crippen LogP contribution in [0.4, 0.5) is 0 Å². The van der Waals surface area contributed by atoms with Gasteiger partial charge < -0.3 is 14.9 Å². The van der Waals surface area contributed by atoms with Gasteiger partial charge in [0, 0.05) is 12.8 Å². The van der Waals surface area contributed by atoms with Crippen LogP contribution >= 0.6 is 0 Å². The van der Waals surface area contributed by atoms with E-state index in [1.54, 1.807) is 7.11 Å². The lowest BCUT2D eigenvalue weighted by Gasteiger charge is -2.30.